The van der Waals surface area contributed by atoms with Crippen molar-refractivity contribution in [2.45, 2.75) is 30.2 Å². The van der Waals surface area contributed by atoms with Gasteiger partial charge in [0.2, 0.25) is 0 Å². The minimum atomic E-state index is -3.75. The number of sulfone groups is 1. The van der Waals surface area contributed by atoms with Gasteiger partial charge < -0.3 is 5.32 Å². The largest absolute Gasteiger partial charge is 0.314 e. The van der Waals surface area contributed by atoms with Crippen LogP contribution in [0.3, 0.4) is 0 Å². The third-order valence-corrected chi connectivity index (χ3v) is 4.20. The monoisotopic (exact) mass is 275 g/mol. The first-order valence-corrected chi connectivity index (χ1v) is 7.68. The Morgan fingerprint density at radius 2 is 2.11 bits per heavy atom. The summed E-state index contributed by atoms with van der Waals surface area (Å²) in [5.41, 5.74) is 0.120. The number of rotatable bonds is 3. The quantitative estimate of drug-likeness (QED) is 0.912. The molecule has 0 amide bonds. The summed E-state index contributed by atoms with van der Waals surface area (Å²) in [7, 11) is -3.75. The zero-order valence-electron chi connectivity index (χ0n) is 10.0. The summed E-state index contributed by atoms with van der Waals surface area (Å²) in [5.74, 6) is -1.54. The maximum atomic E-state index is 14.0. The first-order valence-electron chi connectivity index (χ1n) is 5.79. The van der Waals surface area contributed by atoms with Crippen LogP contribution in [0.1, 0.15) is 18.4 Å². The lowest BCUT2D eigenvalue weighted by molar-refractivity contribution is 0.523. The van der Waals surface area contributed by atoms with Gasteiger partial charge in [-0.05, 0) is 43.5 Å². The Bertz CT molecular complexity index is 551. The van der Waals surface area contributed by atoms with Crippen LogP contribution in [-0.4, -0.2) is 27.3 Å². The highest BCUT2D eigenvalue weighted by molar-refractivity contribution is 7.90. The van der Waals surface area contributed by atoms with Gasteiger partial charge in [-0.3, -0.25) is 0 Å². The van der Waals surface area contributed by atoms with E-state index in [2.05, 4.69) is 5.32 Å². The summed E-state index contributed by atoms with van der Waals surface area (Å²) in [5, 5.41) is 3.17. The second-order valence-electron chi connectivity index (χ2n) is 4.65. The third-order valence-electron chi connectivity index (χ3n) is 3.11. The van der Waals surface area contributed by atoms with Crippen molar-refractivity contribution in [3.8, 4) is 0 Å². The van der Waals surface area contributed by atoms with Crippen molar-refractivity contribution in [3.05, 3.63) is 29.3 Å². The summed E-state index contributed by atoms with van der Waals surface area (Å²) >= 11 is 0. The van der Waals surface area contributed by atoms with Crippen molar-refractivity contribution in [1.29, 1.82) is 0 Å². The molecular formula is C12H15F2NO2S. The molecule has 3 nitrogen and oxygen atoms in total. The van der Waals surface area contributed by atoms with E-state index in [4.69, 9.17) is 0 Å². The van der Waals surface area contributed by atoms with Gasteiger partial charge in [0.15, 0.2) is 9.84 Å². The average Bonchev–Trinajstić information content (AvgIpc) is 2.74. The summed E-state index contributed by atoms with van der Waals surface area (Å²) in [6.07, 6.45) is 3.08. The topological polar surface area (TPSA) is 46.2 Å². The van der Waals surface area contributed by atoms with Crippen molar-refractivity contribution in [1.82, 2.24) is 5.32 Å². The Balaban J connectivity index is 2.38. The molecule has 0 aromatic heterocycles. The van der Waals surface area contributed by atoms with Crippen LogP contribution in [0.25, 0.3) is 0 Å². The van der Waals surface area contributed by atoms with E-state index >= 15 is 0 Å². The summed E-state index contributed by atoms with van der Waals surface area (Å²) < 4.78 is 50.1. The molecule has 6 heteroatoms. The van der Waals surface area contributed by atoms with Crippen LogP contribution in [0.2, 0.25) is 0 Å². The Morgan fingerprint density at radius 3 is 2.67 bits per heavy atom. The molecule has 1 aromatic rings. The molecule has 0 bridgehead atoms. The Labute approximate surface area is 105 Å². The second-order valence-corrected chi connectivity index (χ2v) is 6.63. The van der Waals surface area contributed by atoms with Gasteiger partial charge in [-0.2, -0.15) is 0 Å². The van der Waals surface area contributed by atoms with Crippen molar-refractivity contribution in [3.63, 3.8) is 0 Å². The normalized spacial score (nSPS) is 20.3. The van der Waals surface area contributed by atoms with Crippen molar-refractivity contribution >= 4 is 9.84 Å². The van der Waals surface area contributed by atoms with E-state index in [1.807, 2.05) is 0 Å². The maximum absolute atomic E-state index is 14.0. The molecule has 1 N–H and O–H groups in total. The second kappa shape index (κ2) is 4.93. The third kappa shape index (κ3) is 2.87. The standard InChI is InChI=1S/C12H15F2NO2S/c1-18(16,17)11-7-9(13)5-8(12(11)14)6-10-3-2-4-15-10/h5,7,10,15H,2-4,6H2,1H3. The Kier molecular flexibility index (Phi) is 3.68. The lowest BCUT2D eigenvalue weighted by Gasteiger charge is -2.12. The van der Waals surface area contributed by atoms with Gasteiger partial charge >= 0.3 is 0 Å². The molecule has 1 fully saturated rings. The summed E-state index contributed by atoms with van der Waals surface area (Å²) in [4.78, 5) is -0.560. The van der Waals surface area contributed by atoms with Gasteiger partial charge in [0, 0.05) is 12.3 Å². The van der Waals surface area contributed by atoms with Crippen LogP contribution < -0.4 is 5.32 Å². The maximum Gasteiger partial charge on any atom is 0.178 e. The molecule has 18 heavy (non-hydrogen) atoms. The minimum absolute atomic E-state index is 0.0914. The molecule has 1 saturated heterocycles. The molecule has 0 radical (unpaired) electrons. The van der Waals surface area contributed by atoms with Crippen molar-refractivity contribution in [2.75, 3.05) is 12.8 Å². The first kappa shape index (κ1) is 13.4. The molecule has 1 atom stereocenters. The van der Waals surface area contributed by atoms with E-state index in [0.717, 1.165) is 37.8 Å². The zero-order chi connectivity index (χ0) is 13.3. The van der Waals surface area contributed by atoms with Crippen LogP contribution in [0.5, 0.6) is 0 Å². The highest BCUT2D eigenvalue weighted by Crippen LogP contribution is 2.22. The highest BCUT2D eigenvalue weighted by atomic mass is 32.2. The molecule has 0 saturated carbocycles. The van der Waals surface area contributed by atoms with Crippen LogP contribution in [-0.2, 0) is 16.3 Å². The predicted octanol–water partition coefficient (Wildman–Crippen LogP) is 1.66. The number of benzene rings is 1. The van der Waals surface area contributed by atoms with Crippen LogP contribution in [0, 0.1) is 11.6 Å². The average molecular weight is 275 g/mol. The molecule has 2 rings (SSSR count). The molecule has 1 heterocycles. The first-order chi connectivity index (χ1) is 8.38. The predicted molar refractivity (Wildman–Crippen MR) is 64.2 cm³/mol. The van der Waals surface area contributed by atoms with Gasteiger partial charge in [-0.1, -0.05) is 0 Å². The van der Waals surface area contributed by atoms with E-state index in [0.29, 0.717) is 6.42 Å². The SMILES string of the molecule is CS(=O)(=O)c1cc(F)cc(CC2CCCN2)c1F. The van der Waals surface area contributed by atoms with E-state index in [1.165, 1.54) is 0 Å². The molecule has 1 aliphatic rings. The molecular weight excluding hydrogens is 260 g/mol. The number of hydrogen-bond donors (Lipinski definition) is 1. The van der Waals surface area contributed by atoms with E-state index < -0.39 is 26.4 Å². The van der Waals surface area contributed by atoms with Gasteiger partial charge in [0.1, 0.15) is 16.5 Å². The number of nitrogens with one attached hydrogen (secondary N) is 1. The Morgan fingerprint density at radius 1 is 1.39 bits per heavy atom. The summed E-state index contributed by atoms with van der Waals surface area (Å²) in [6, 6.07) is 1.90. The van der Waals surface area contributed by atoms with Crippen LogP contribution in [0.4, 0.5) is 8.78 Å². The fourth-order valence-corrected chi connectivity index (χ4v) is 3.02. The molecule has 100 valence electrons. The van der Waals surface area contributed by atoms with Gasteiger partial charge in [0.25, 0.3) is 0 Å². The minimum Gasteiger partial charge on any atom is -0.314 e. The molecule has 1 aromatic carbocycles. The fourth-order valence-electron chi connectivity index (χ4n) is 2.23. The van der Waals surface area contributed by atoms with Gasteiger partial charge in [-0.15, -0.1) is 0 Å². The lowest BCUT2D eigenvalue weighted by atomic mass is 10.0. The number of hydrogen-bond acceptors (Lipinski definition) is 3. The molecule has 0 aliphatic carbocycles. The van der Waals surface area contributed by atoms with E-state index in [-0.39, 0.29) is 11.6 Å². The zero-order valence-corrected chi connectivity index (χ0v) is 10.9. The molecule has 1 aliphatic heterocycles. The fraction of sp³-hybridized carbons (Fsp3) is 0.500. The summed E-state index contributed by atoms with van der Waals surface area (Å²) in [6.45, 7) is 0.862. The molecule has 0 spiro atoms. The smallest absolute Gasteiger partial charge is 0.178 e. The highest BCUT2D eigenvalue weighted by Gasteiger charge is 2.22. The van der Waals surface area contributed by atoms with Crippen LogP contribution >= 0.6 is 0 Å². The Hall–Kier alpha value is -1.01. The number of halogens is 2. The van der Waals surface area contributed by atoms with Crippen molar-refractivity contribution < 1.29 is 17.2 Å². The van der Waals surface area contributed by atoms with E-state index in [9.17, 15) is 17.2 Å². The lowest BCUT2D eigenvalue weighted by Crippen LogP contribution is -2.24. The van der Waals surface area contributed by atoms with Crippen LogP contribution in [0.15, 0.2) is 17.0 Å². The van der Waals surface area contributed by atoms with Crippen molar-refractivity contribution in [2.24, 2.45) is 0 Å². The molecule has 1 unspecified atom stereocenters. The van der Waals surface area contributed by atoms with Gasteiger partial charge in [0.05, 0.1) is 0 Å². The van der Waals surface area contributed by atoms with E-state index in [1.54, 1.807) is 0 Å². The van der Waals surface area contributed by atoms with Gasteiger partial charge in [-0.25, -0.2) is 17.2 Å².